The summed E-state index contributed by atoms with van der Waals surface area (Å²) in [6.45, 7) is 0.456. The van der Waals surface area contributed by atoms with Crippen LogP contribution in [0, 0.1) is 5.92 Å². The van der Waals surface area contributed by atoms with Crippen molar-refractivity contribution in [1.29, 1.82) is 0 Å². The van der Waals surface area contributed by atoms with Crippen LogP contribution in [0.1, 0.15) is 16.4 Å². The van der Waals surface area contributed by atoms with Crippen molar-refractivity contribution in [3.8, 4) is 5.75 Å². The molecule has 0 fully saturated rings. The topological polar surface area (TPSA) is 51.8 Å². The van der Waals surface area contributed by atoms with Gasteiger partial charge in [-0.2, -0.15) is 0 Å². The van der Waals surface area contributed by atoms with E-state index in [0.717, 1.165) is 32.1 Å². The first-order valence-electron chi connectivity index (χ1n) is 9.96. The second-order valence-electron chi connectivity index (χ2n) is 7.58. The average molecular weight is 490 g/mol. The predicted molar refractivity (Wildman–Crippen MR) is 127 cm³/mol. The van der Waals surface area contributed by atoms with Gasteiger partial charge in [0, 0.05) is 20.5 Å². The normalized spacial score (nSPS) is 19.5. The Hall–Kier alpha value is -2.83. The molecule has 152 valence electrons. The molecule has 2 aliphatic rings. The number of aliphatic imine (C=N–C) groups is 1. The van der Waals surface area contributed by atoms with E-state index in [0.29, 0.717) is 23.1 Å². The molecule has 1 aromatic heterocycles. The summed E-state index contributed by atoms with van der Waals surface area (Å²) >= 11 is 5.12. The van der Waals surface area contributed by atoms with Gasteiger partial charge in [0.1, 0.15) is 11.3 Å². The fourth-order valence-corrected chi connectivity index (χ4v) is 5.92. The van der Waals surface area contributed by atoms with E-state index in [2.05, 4.69) is 22.0 Å². The summed E-state index contributed by atoms with van der Waals surface area (Å²) in [4.78, 5) is 19.7. The van der Waals surface area contributed by atoms with Gasteiger partial charge in [0.15, 0.2) is 5.43 Å². The van der Waals surface area contributed by atoms with Gasteiger partial charge in [-0.15, -0.1) is 11.8 Å². The lowest BCUT2D eigenvalue weighted by molar-refractivity contribution is 0.271. The van der Waals surface area contributed by atoms with Crippen molar-refractivity contribution in [2.75, 3.05) is 6.61 Å². The Kier molecular flexibility index (Phi) is 4.51. The molecule has 0 spiro atoms. The predicted octanol–water partition coefficient (Wildman–Crippen LogP) is 6.53. The monoisotopic (exact) mass is 489 g/mol. The summed E-state index contributed by atoms with van der Waals surface area (Å²) < 4.78 is 12.9. The quantitative estimate of drug-likeness (QED) is 0.304. The van der Waals surface area contributed by atoms with E-state index in [9.17, 15) is 4.79 Å². The van der Waals surface area contributed by atoms with Crippen LogP contribution < -0.4 is 10.2 Å². The zero-order chi connectivity index (χ0) is 20.9. The summed E-state index contributed by atoms with van der Waals surface area (Å²) in [5.74, 6) is 0.745. The molecule has 31 heavy (non-hydrogen) atoms. The van der Waals surface area contributed by atoms with E-state index in [1.54, 1.807) is 18.0 Å². The molecule has 3 heterocycles. The highest BCUT2D eigenvalue weighted by molar-refractivity contribution is 9.10. The Morgan fingerprint density at radius 3 is 2.81 bits per heavy atom. The minimum absolute atomic E-state index is 0.0161. The number of benzene rings is 3. The van der Waals surface area contributed by atoms with Crippen LogP contribution in [0.3, 0.4) is 0 Å². The number of thioether (sulfide) groups is 1. The van der Waals surface area contributed by atoms with Crippen molar-refractivity contribution < 1.29 is 9.15 Å². The van der Waals surface area contributed by atoms with E-state index in [1.807, 2.05) is 60.7 Å². The molecule has 3 aromatic carbocycles. The first kappa shape index (κ1) is 18.9. The average Bonchev–Trinajstić information content (AvgIpc) is 2.97. The SMILES string of the molecule is O=c1c(C2Sc3ccccc3N=C3c4ccccc4OCC32)coc2ccc(Br)cc12. The summed E-state index contributed by atoms with van der Waals surface area (Å²) in [5, 5.41) is 0.385. The van der Waals surface area contributed by atoms with Crippen LogP contribution in [0.15, 0.2) is 96.6 Å². The number of para-hydroxylation sites is 2. The standard InChI is InChI=1S/C25H16BrNO3S/c26-14-9-10-21-16(11-14)24(28)18(13-30-21)25-17-12-29-20-7-3-1-5-15(20)23(17)27-19-6-2-4-8-22(19)31-25/h1-11,13,17,25H,12H2. The number of hydrogen-bond acceptors (Lipinski definition) is 5. The number of ether oxygens (including phenoxy) is 1. The molecular formula is C25H16BrNO3S. The lowest BCUT2D eigenvalue weighted by Crippen LogP contribution is -2.33. The number of hydrogen-bond donors (Lipinski definition) is 0. The molecule has 6 rings (SSSR count). The summed E-state index contributed by atoms with van der Waals surface area (Å²) in [6, 6.07) is 21.5. The van der Waals surface area contributed by atoms with Crippen molar-refractivity contribution in [2.45, 2.75) is 10.1 Å². The molecule has 2 aliphatic heterocycles. The summed E-state index contributed by atoms with van der Waals surface area (Å²) in [6.07, 6.45) is 1.61. The minimum Gasteiger partial charge on any atom is -0.492 e. The van der Waals surface area contributed by atoms with Gasteiger partial charge in [-0.1, -0.05) is 40.2 Å². The zero-order valence-electron chi connectivity index (χ0n) is 16.2. The molecule has 6 heteroatoms. The fourth-order valence-electron chi connectivity index (χ4n) is 4.23. The van der Waals surface area contributed by atoms with Crippen LogP contribution in [0.5, 0.6) is 5.75 Å². The first-order chi connectivity index (χ1) is 15.2. The van der Waals surface area contributed by atoms with Crippen LogP contribution in [-0.2, 0) is 0 Å². The Labute approximate surface area is 191 Å². The van der Waals surface area contributed by atoms with Crippen LogP contribution in [0.4, 0.5) is 5.69 Å². The van der Waals surface area contributed by atoms with Gasteiger partial charge < -0.3 is 9.15 Å². The fraction of sp³-hybridized carbons (Fsp3) is 0.120. The number of rotatable bonds is 1. The van der Waals surface area contributed by atoms with Crippen molar-refractivity contribution in [3.05, 3.63) is 98.8 Å². The summed E-state index contributed by atoms with van der Waals surface area (Å²) in [7, 11) is 0. The number of halogens is 1. The van der Waals surface area contributed by atoms with E-state index in [-0.39, 0.29) is 16.6 Å². The van der Waals surface area contributed by atoms with Gasteiger partial charge in [-0.25, -0.2) is 0 Å². The Morgan fingerprint density at radius 1 is 1.03 bits per heavy atom. The third-order valence-electron chi connectivity index (χ3n) is 5.73. The third kappa shape index (κ3) is 3.13. The molecule has 4 aromatic rings. The molecule has 2 unspecified atom stereocenters. The lowest BCUT2D eigenvalue weighted by Gasteiger charge is -2.31. The van der Waals surface area contributed by atoms with Crippen LogP contribution >= 0.6 is 27.7 Å². The molecule has 0 amide bonds. The highest BCUT2D eigenvalue weighted by Crippen LogP contribution is 2.49. The maximum absolute atomic E-state index is 13.5. The molecule has 2 atom stereocenters. The Morgan fingerprint density at radius 2 is 1.87 bits per heavy atom. The molecule has 0 radical (unpaired) electrons. The molecule has 0 saturated carbocycles. The largest absolute Gasteiger partial charge is 0.492 e. The number of fused-ring (bicyclic) bond motifs is 5. The van der Waals surface area contributed by atoms with Gasteiger partial charge in [-0.3, -0.25) is 9.79 Å². The van der Waals surface area contributed by atoms with Crippen LogP contribution in [0.2, 0.25) is 0 Å². The second kappa shape index (κ2) is 7.39. The van der Waals surface area contributed by atoms with Crippen LogP contribution in [-0.4, -0.2) is 12.3 Å². The van der Waals surface area contributed by atoms with E-state index in [1.165, 1.54) is 0 Å². The smallest absolute Gasteiger partial charge is 0.197 e. The van der Waals surface area contributed by atoms with Crippen molar-refractivity contribution in [2.24, 2.45) is 10.9 Å². The first-order valence-corrected chi connectivity index (χ1v) is 11.6. The van der Waals surface area contributed by atoms with Crippen molar-refractivity contribution >= 4 is 50.1 Å². The third-order valence-corrected chi connectivity index (χ3v) is 7.65. The molecular weight excluding hydrogens is 474 g/mol. The zero-order valence-corrected chi connectivity index (χ0v) is 18.7. The van der Waals surface area contributed by atoms with Gasteiger partial charge in [-0.05, 0) is 42.5 Å². The maximum Gasteiger partial charge on any atom is 0.197 e. The van der Waals surface area contributed by atoms with E-state index < -0.39 is 0 Å². The van der Waals surface area contributed by atoms with Gasteiger partial charge in [0.2, 0.25) is 0 Å². The maximum atomic E-state index is 13.5. The number of nitrogens with zero attached hydrogens (tertiary/aromatic N) is 1. The van der Waals surface area contributed by atoms with Gasteiger partial charge in [0.25, 0.3) is 0 Å². The van der Waals surface area contributed by atoms with Crippen molar-refractivity contribution in [3.63, 3.8) is 0 Å². The summed E-state index contributed by atoms with van der Waals surface area (Å²) in [5.41, 5.74) is 4.05. The molecule has 4 nitrogen and oxygen atoms in total. The Balaban J connectivity index is 1.58. The second-order valence-corrected chi connectivity index (χ2v) is 9.68. The Bertz CT molecular complexity index is 1430. The van der Waals surface area contributed by atoms with Crippen LogP contribution in [0.25, 0.3) is 11.0 Å². The lowest BCUT2D eigenvalue weighted by atomic mass is 9.88. The molecule has 0 bridgehead atoms. The highest BCUT2D eigenvalue weighted by Gasteiger charge is 2.38. The van der Waals surface area contributed by atoms with E-state index >= 15 is 0 Å². The van der Waals surface area contributed by atoms with Gasteiger partial charge >= 0.3 is 0 Å². The molecule has 0 aliphatic carbocycles. The minimum atomic E-state index is -0.185. The van der Waals surface area contributed by atoms with Crippen molar-refractivity contribution in [1.82, 2.24) is 0 Å². The molecule has 0 N–H and O–H groups in total. The van der Waals surface area contributed by atoms with E-state index in [4.69, 9.17) is 14.1 Å². The highest BCUT2D eigenvalue weighted by atomic mass is 79.9. The molecule has 0 saturated heterocycles. The van der Waals surface area contributed by atoms with Gasteiger partial charge in [0.05, 0.1) is 40.8 Å².